The molecule has 0 radical (unpaired) electrons. The Hall–Kier alpha value is -0.980. The summed E-state index contributed by atoms with van der Waals surface area (Å²) in [4.78, 5) is 0. The lowest BCUT2D eigenvalue weighted by Gasteiger charge is -2.06. The zero-order valence-electron chi connectivity index (χ0n) is 7.61. The van der Waals surface area contributed by atoms with Crippen LogP contribution in [0.1, 0.15) is 20.3 Å². The van der Waals surface area contributed by atoms with Gasteiger partial charge in [0.15, 0.2) is 0 Å². The molecule has 0 aromatic rings. The van der Waals surface area contributed by atoms with Crippen LogP contribution in [0.2, 0.25) is 0 Å². The molecule has 0 aliphatic rings. The van der Waals surface area contributed by atoms with Crippen LogP contribution in [0.4, 0.5) is 0 Å². The van der Waals surface area contributed by atoms with Gasteiger partial charge in [0.05, 0.1) is 7.11 Å². The second kappa shape index (κ2) is 4.78. The second-order valence-electron chi connectivity index (χ2n) is 2.52. The quantitative estimate of drug-likeness (QED) is 0.444. The highest BCUT2D eigenvalue weighted by Crippen LogP contribution is 2.13. The molecular weight excluding hydrogens is 136 g/mol. The van der Waals surface area contributed by atoms with Gasteiger partial charge >= 0.3 is 0 Å². The van der Waals surface area contributed by atoms with E-state index in [1.807, 2.05) is 19.9 Å². The van der Waals surface area contributed by atoms with E-state index in [0.717, 1.165) is 23.3 Å². The first-order chi connectivity index (χ1) is 5.11. The van der Waals surface area contributed by atoms with Gasteiger partial charge in [-0.1, -0.05) is 25.7 Å². The summed E-state index contributed by atoms with van der Waals surface area (Å²) in [6.07, 6.45) is 2.80. The first-order valence-electron chi connectivity index (χ1n) is 3.71. The van der Waals surface area contributed by atoms with Crippen molar-refractivity contribution in [1.82, 2.24) is 0 Å². The molecule has 0 heterocycles. The van der Waals surface area contributed by atoms with Crippen molar-refractivity contribution in [3.8, 4) is 0 Å². The monoisotopic (exact) mass is 152 g/mol. The van der Waals surface area contributed by atoms with Gasteiger partial charge in [-0.3, -0.25) is 0 Å². The number of rotatable bonds is 4. The summed E-state index contributed by atoms with van der Waals surface area (Å²) in [6.45, 7) is 11.6. The summed E-state index contributed by atoms with van der Waals surface area (Å²) >= 11 is 0. The van der Waals surface area contributed by atoms with Crippen LogP contribution in [0, 0.1) is 0 Å². The molecular formula is C10H16O. The molecule has 0 bridgehead atoms. The Bertz CT molecular complexity index is 187. The van der Waals surface area contributed by atoms with Crippen LogP contribution in [0.15, 0.2) is 36.1 Å². The molecule has 0 amide bonds. The van der Waals surface area contributed by atoms with E-state index in [-0.39, 0.29) is 0 Å². The molecule has 0 aromatic carbocycles. The molecule has 1 heteroatoms. The van der Waals surface area contributed by atoms with Crippen molar-refractivity contribution in [3.05, 3.63) is 36.1 Å². The average molecular weight is 152 g/mol. The molecule has 0 aliphatic carbocycles. The fraction of sp³-hybridized carbons (Fsp3) is 0.400. The maximum absolute atomic E-state index is 5.11. The molecule has 0 atom stereocenters. The number of hydrogen-bond acceptors (Lipinski definition) is 1. The molecule has 11 heavy (non-hydrogen) atoms. The van der Waals surface area contributed by atoms with Gasteiger partial charge in [-0.05, 0) is 25.0 Å². The predicted octanol–water partition coefficient (Wildman–Crippen LogP) is 3.06. The third kappa shape index (κ3) is 3.66. The molecule has 0 rings (SSSR count). The topological polar surface area (TPSA) is 9.23 Å². The lowest BCUT2D eigenvalue weighted by molar-refractivity contribution is 0.299. The van der Waals surface area contributed by atoms with Crippen molar-refractivity contribution in [2.75, 3.05) is 7.11 Å². The highest BCUT2D eigenvalue weighted by Gasteiger charge is 1.98. The number of allylic oxidation sites excluding steroid dienone is 3. The number of hydrogen-bond donors (Lipinski definition) is 0. The van der Waals surface area contributed by atoms with Crippen LogP contribution in [-0.4, -0.2) is 7.11 Å². The Balaban J connectivity index is 4.39. The highest BCUT2D eigenvalue weighted by molar-refractivity contribution is 5.28. The summed E-state index contributed by atoms with van der Waals surface area (Å²) in [5, 5.41) is 0. The van der Waals surface area contributed by atoms with Gasteiger partial charge in [0.2, 0.25) is 0 Å². The number of methoxy groups -OCH3 is 1. The van der Waals surface area contributed by atoms with Crippen molar-refractivity contribution in [3.63, 3.8) is 0 Å². The Morgan fingerprint density at radius 3 is 2.27 bits per heavy atom. The lowest BCUT2D eigenvalue weighted by Crippen LogP contribution is -1.90. The average Bonchev–Trinajstić information content (AvgIpc) is 1.98. The van der Waals surface area contributed by atoms with Crippen LogP contribution < -0.4 is 0 Å². The smallest absolute Gasteiger partial charge is 0.121 e. The van der Waals surface area contributed by atoms with Crippen LogP contribution in [-0.2, 0) is 4.74 Å². The molecule has 0 aromatic heterocycles. The van der Waals surface area contributed by atoms with E-state index in [1.165, 1.54) is 0 Å². The zero-order chi connectivity index (χ0) is 8.85. The van der Waals surface area contributed by atoms with Crippen LogP contribution in [0.5, 0.6) is 0 Å². The molecule has 0 fully saturated rings. The first kappa shape index (κ1) is 10.0. The maximum Gasteiger partial charge on any atom is 0.121 e. The Morgan fingerprint density at radius 2 is 2.00 bits per heavy atom. The van der Waals surface area contributed by atoms with Crippen molar-refractivity contribution in [1.29, 1.82) is 0 Å². The Labute approximate surface area is 69.1 Å². The molecule has 0 aliphatic heterocycles. The van der Waals surface area contributed by atoms with E-state index in [9.17, 15) is 0 Å². The SMILES string of the molecule is C=C(C)/C=C(/OC)C(=C)CC. The van der Waals surface area contributed by atoms with E-state index < -0.39 is 0 Å². The summed E-state index contributed by atoms with van der Waals surface area (Å²) in [5.74, 6) is 0.833. The van der Waals surface area contributed by atoms with Crippen molar-refractivity contribution >= 4 is 0 Å². The first-order valence-corrected chi connectivity index (χ1v) is 3.71. The summed E-state index contributed by atoms with van der Waals surface area (Å²) in [5.41, 5.74) is 1.99. The normalized spacial score (nSPS) is 11.0. The minimum atomic E-state index is 0.833. The standard InChI is InChI=1S/C10H16O/c1-6-9(4)10(11-5)7-8(2)3/h7H,2,4,6H2,1,3,5H3/b10-7+. The molecule has 62 valence electrons. The summed E-state index contributed by atoms with van der Waals surface area (Å²) in [6, 6.07) is 0. The maximum atomic E-state index is 5.11. The summed E-state index contributed by atoms with van der Waals surface area (Å²) < 4.78 is 5.11. The van der Waals surface area contributed by atoms with Gasteiger partial charge in [-0.25, -0.2) is 0 Å². The van der Waals surface area contributed by atoms with Crippen LogP contribution in [0.25, 0.3) is 0 Å². The van der Waals surface area contributed by atoms with Gasteiger partial charge in [0, 0.05) is 0 Å². The minimum absolute atomic E-state index is 0.833. The van der Waals surface area contributed by atoms with Crippen molar-refractivity contribution in [2.24, 2.45) is 0 Å². The molecule has 0 spiro atoms. The highest BCUT2D eigenvalue weighted by atomic mass is 16.5. The molecule has 0 saturated heterocycles. The zero-order valence-corrected chi connectivity index (χ0v) is 7.61. The fourth-order valence-corrected chi connectivity index (χ4v) is 0.703. The van der Waals surface area contributed by atoms with E-state index in [4.69, 9.17) is 4.74 Å². The molecule has 1 nitrogen and oxygen atoms in total. The van der Waals surface area contributed by atoms with Gasteiger partial charge in [0.25, 0.3) is 0 Å². The van der Waals surface area contributed by atoms with E-state index in [1.54, 1.807) is 7.11 Å². The largest absolute Gasteiger partial charge is 0.496 e. The minimum Gasteiger partial charge on any atom is -0.496 e. The lowest BCUT2D eigenvalue weighted by atomic mass is 10.1. The fourth-order valence-electron chi connectivity index (χ4n) is 0.703. The Morgan fingerprint density at radius 1 is 1.45 bits per heavy atom. The van der Waals surface area contributed by atoms with Gasteiger partial charge in [0.1, 0.15) is 5.76 Å². The van der Waals surface area contributed by atoms with Crippen molar-refractivity contribution < 1.29 is 4.74 Å². The van der Waals surface area contributed by atoms with Crippen LogP contribution >= 0.6 is 0 Å². The predicted molar refractivity (Wildman–Crippen MR) is 49.3 cm³/mol. The molecule has 0 unspecified atom stereocenters. The van der Waals surface area contributed by atoms with E-state index in [2.05, 4.69) is 13.2 Å². The number of ether oxygens (including phenoxy) is 1. The van der Waals surface area contributed by atoms with E-state index in [0.29, 0.717) is 0 Å². The second-order valence-corrected chi connectivity index (χ2v) is 2.52. The Kier molecular flexibility index (Phi) is 4.35. The van der Waals surface area contributed by atoms with E-state index >= 15 is 0 Å². The van der Waals surface area contributed by atoms with Crippen LogP contribution in [0.3, 0.4) is 0 Å². The van der Waals surface area contributed by atoms with Crippen molar-refractivity contribution in [2.45, 2.75) is 20.3 Å². The molecule has 0 N–H and O–H groups in total. The van der Waals surface area contributed by atoms with Gasteiger partial charge < -0.3 is 4.74 Å². The third-order valence-electron chi connectivity index (χ3n) is 1.37. The molecule has 0 saturated carbocycles. The van der Waals surface area contributed by atoms with Gasteiger partial charge in [-0.15, -0.1) is 0 Å². The van der Waals surface area contributed by atoms with Gasteiger partial charge in [-0.2, -0.15) is 0 Å². The summed E-state index contributed by atoms with van der Waals surface area (Å²) in [7, 11) is 1.65. The third-order valence-corrected chi connectivity index (χ3v) is 1.37.